The van der Waals surface area contributed by atoms with Crippen molar-refractivity contribution in [1.82, 2.24) is 0 Å². The molecule has 0 aromatic heterocycles. The van der Waals surface area contributed by atoms with Gasteiger partial charge in [0.25, 0.3) is 0 Å². The Labute approximate surface area is 146 Å². The summed E-state index contributed by atoms with van der Waals surface area (Å²) >= 11 is 0. The third-order valence-electron chi connectivity index (χ3n) is 4.11. The van der Waals surface area contributed by atoms with E-state index in [1.54, 1.807) is 12.1 Å². The van der Waals surface area contributed by atoms with E-state index in [9.17, 15) is 12.8 Å². The van der Waals surface area contributed by atoms with Crippen LogP contribution >= 0.6 is 0 Å². The molecule has 0 saturated carbocycles. The van der Waals surface area contributed by atoms with Gasteiger partial charge in [0.2, 0.25) is 10.0 Å². The first-order valence-corrected chi connectivity index (χ1v) is 9.65. The normalized spacial score (nSPS) is 18.1. The molecule has 2 aromatic rings. The van der Waals surface area contributed by atoms with Gasteiger partial charge in [0.15, 0.2) is 0 Å². The zero-order valence-electron chi connectivity index (χ0n) is 13.7. The van der Waals surface area contributed by atoms with Gasteiger partial charge in [-0.2, -0.15) is 0 Å². The molecule has 1 aliphatic rings. The van der Waals surface area contributed by atoms with Gasteiger partial charge in [0.05, 0.1) is 11.0 Å². The Hall–Kier alpha value is -1.96. The second-order valence-electron chi connectivity index (χ2n) is 6.01. The quantitative estimate of drug-likeness (QED) is 0.883. The van der Waals surface area contributed by atoms with E-state index in [1.165, 1.54) is 30.3 Å². The van der Waals surface area contributed by atoms with Crippen LogP contribution in [0, 0.1) is 5.82 Å². The summed E-state index contributed by atoms with van der Waals surface area (Å²) in [6, 6.07) is 10.2. The van der Waals surface area contributed by atoms with Crippen molar-refractivity contribution < 1.29 is 22.3 Å². The highest BCUT2D eigenvalue weighted by molar-refractivity contribution is 7.89. The molecular formula is C18H20FNO4S. The summed E-state index contributed by atoms with van der Waals surface area (Å²) in [4.78, 5) is -0.0316. The molecule has 3 rings (SSSR count). The van der Waals surface area contributed by atoms with Crippen molar-refractivity contribution >= 4 is 10.0 Å². The lowest BCUT2D eigenvalue weighted by atomic mass is 10.0. The van der Waals surface area contributed by atoms with Crippen molar-refractivity contribution in [2.75, 3.05) is 13.2 Å². The van der Waals surface area contributed by atoms with E-state index >= 15 is 0 Å². The Kier molecular flexibility index (Phi) is 5.36. The maximum atomic E-state index is 13.7. The van der Waals surface area contributed by atoms with Crippen LogP contribution in [-0.4, -0.2) is 27.7 Å². The molecule has 0 radical (unpaired) electrons. The molecule has 0 bridgehead atoms. The molecule has 0 amide bonds. The molecule has 7 heteroatoms. The van der Waals surface area contributed by atoms with Gasteiger partial charge in [-0.15, -0.1) is 0 Å². The highest BCUT2D eigenvalue weighted by atomic mass is 32.2. The van der Waals surface area contributed by atoms with Crippen molar-refractivity contribution in [3.05, 3.63) is 48.3 Å². The van der Waals surface area contributed by atoms with Crippen molar-refractivity contribution in [1.29, 1.82) is 0 Å². The molecule has 5 nitrogen and oxygen atoms in total. The highest BCUT2D eigenvalue weighted by Gasteiger charge is 2.17. The number of primary sulfonamides is 1. The maximum Gasteiger partial charge on any atom is 0.238 e. The molecule has 1 heterocycles. The second kappa shape index (κ2) is 7.51. The van der Waals surface area contributed by atoms with Gasteiger partial charge in [0.1, 0.15) is 18.2 Å². The smallest absolute Gasteiger partial charge is 0.238 e. The first-order valence-electron chi connectivity index (χ1n) is 8.11. The van der Waals surface area contributed by atoms with Gasteiger partial charge < -0.3 is 9.47 Å². The Balaban J connectivity index is 1.89. The number of benzene rings is 2. The number of halogens is 1. The summed E-state index contributed by atoms with van der Waals surface area (Å²) in [6.07, 6.45) is 3.10. The molecule has 2 N–H and O–H groups in total. The number of sulfonamides is 1. The molecule has 0 aliphatic carbocycles. The molecule has 25 heavy (non-hydrogen) atoms. The fourth-order valence-electron chi connectivity index (χ4n) is 2.82. The van der Waals surface area contributed by atoms with Gasteiger partial charge in [-0.25, -0.2) is 17.9 Å². The maximum absolute atomic E-state index is 13.7. The van der Waals surface area contributed by atoms with Crippen molar-refractivity contribution in [3.8, 4) is 16.9 Å². The lowest BCUT2D eigenvalue weighted by molar-refractivity contribution is -0.0109. The molecule has 1 aliphatic heterocycles. The first kappa shape index (κ1) is 17.8. The van der Waals surface area contributed by atoms with Crippen LogP contribution in [0.25, 0.3) is 11.1 Å². The average molecular weight is 365 g/mol. The standard InChI is InChI=1S/C18H20FNO4S/c19-14-7-8-18(24-12-15-5-1-2-9-23-15)17(11-14)13-4-3-6-16(10-13)25(20,21)22/h3-4,6-8,10-11,15H,1-2,5,9,12H2,(H2,20,21,22). The summed E-state index contributed by atoms with van der Waals surface area (Å²) in [5.74, 6) is 0.0411. The van der Waals surface area contributed by atoms with Crippen molar-refractivity contribution in [2.24, 2.45) is 5.14 Å². The van der Waals surface area contributed by atoms with Gasteiger partial charge >= 0.3 is 0 Å². The number of hydrogen-bond acceptors (Lipinski definition) is 4. The van der Waals surface area contributed by atoms with Crippen LogP contribution in [0.15, 0.2) is 47.4 Å². The van der Waals surface area contributed by atoms with E-state index in [2.05, 4.69) is 0 Å². The molecule has 0 spiro atoms. The Morgan fingerprint density at radius 3 is 2.76 bits per heavy atom. The van der Waals surface area contributed by atoms with Crippen LogP contribution in [0.1, 0.15) is 19.3 Å². The van der Waals surface area contributed by atoms with Gasteiger partial charge in [-0.05, 0) is 55.2 Å². The van der Waals surface area contributed by atoms with Gasteiger partial charge in [-0.3, -0.25) is 0 Å². The fourth-order valence-corrected chi connectivity index (χ4v) is 3.38. The predicted octanol–water partition coefficient (Wildman–Crippen LogP) is 3.09. The van der Waals surface area contributed by atoms with E-state index in [4.69, 9.17) is 14.6 Å². The van der Waals surface area contributed by atoms with Crippen LogP contribution in [0.5, 0.6) is 5.75 Å². The lowest BCUT2D eigenvalue weighted by Crippen LogP contribution is -2.25. The van der Waals surface area contributed by atoms with E-state index in [-0.39, 0.29) is 11.0 Å². The lowest BCUT2D eigenvalue weighted by Gasteiger charge is -2.23. The van der Waals surface area contributed by atoms with E-state index in [1.807, 2.05) is 0 Å². The van der Waals surface area contributed by atoms with E-state index in [0.717, 1.165) is 25.9 Å². The van der Waals surface area contributed by atoms with E-state index < -0.39 is 15.8 Å². The SMILES string of the molecule is NS(=O)(=O)c1cccc(-c2cc(F)ccc2OCC2CCCCO2)c1. The third kappa shape index (κ3) is 4.56. The zero-order chi connectivity index (χ0) is 17.9. The van der Waals surface area contributed by atoms with Crippen LogP contribution in [-0.2, 0) is 14.8 Å². The third-order valence-corrected chi connectivity index (χ3v) is 5.02. The number of rotatable bonds is 5. The number of nitrogens with two attached hydrogens (primary N) is 1. The minimum atomic E-state index is -3.84. The van der Waals surface area contributed by atoms with Crippen LogP contribution in [0.2, 0.25) is 0 Å². The predicted molar refractivity (Wildman–Crippen MR) is 92.3 cm³/mol. The van der Waals surface area contributed by atoms with Crippen LogP contribution < -0.4 is 9.88 Å². The minimum Gasteiger partial charge on any atom is -0.490 e. The molecule has 1 fully saturated rings. The molecule has 1 saturated heterocycles. The topological polar surface area (TPSA) is 78.6 Å². The summed E-state index contributed by atoms with van der Waals surface area (Å²) in [5, 5.41) is 5.18. The molecule has 2 aromatic carbocycles. The second-order valence-corrected chi connectivity index (χ2v) is 7.57. The minimum absolute atomic E-state index is 0.0161. The van der Waals surface area contributed by atoms with Gasteiger partial charge in [-0.1, -0.05) is 12.1 Å². The average Bonchev–Trinajstić information content (AvgIpc) is 2.61. The van der Waals surface area contributed by atoms with Crippen LogP contribution in [0.4, 0.5) is 4.39 Å². The van der Waals surface area contributed by atoms with E-state index in [0.29, 0.717) is 23.5 Å². The Morgan fingerprint density at radius 2 is 2.04 bits per heavy atom. The number of ether oxygens (including phenoxy) is 2. The Bertz CT molecular complexity index is 848. The highest BCUT2D eigenvalue weighted by Crippen LogP contribution is 2.32. The van der Waals surface area contributed by atoms with Crippen molar-refractivity contribution in [3.63, 3.8) is 0 Å². The summed E-state index contributed by atoms with van der Waals surface area (Å²) in [5.41, 5.74) is 0.992. The largest absolute Gasteiger partial charge is 0.490 e. The summed E-state index contributed by atoms with van der Waals surface area (Å²) in [6.45, 7) is 1.09. The molecular weight excluding hydrogens is 345 g/mol. The van der Waals surface area contributed by atoms with Crippen LogP contribution in [0.3, 0.4) is 0 Å². The monoisotopic (exact) mass is 365 g/mol. The molecule has 134 valence electrons. The van der Waals surface area contributed by atoms with Crippen molar-refractivity contribution in [2.45, 2.75) is 30.3 Å². The number of hydrogen-bond donors (Lipinski definition) is 1. The molecule has 1 atom stereocenters. The summed E-state index contributed by atoms with van der Waals surface area (Å²) in [7, 11) is -3.84. The zero-order valence-corrected chi connectivity index (χ0v) is 14.5. The first-order chi connectivity index (χ1) is 11.9. The van der Waals surface area contributed by atoms with Gasteiger partial charge in [0, 0.05) is 12.2 Å². The molecule has 1 unspecified atom stereocenters. The summed E-state index contributed by atoms with van der Waals surface area (Å²) < 4.78 is 48.3. The Morgan fingerprint density at radius 1 is 1.20 bits per heavy atom. The fraction of sp³-hybridized carbons (Fsp3) is 0.333.